The normalized spacial score (nSPS) is 10.9. The Hall–Kier alpha value is -3.83. The summed E-state index contributed by atoms with van der Waals surface area (Å²) in [6, 6.07) is 11.1. The minimum atomic E-state index is -1.08. The second-order valence-corrected chi connectivity index (χ2v) is 7.47. The first-order chi connectivity index (χ1) is 14.8. The highest BCUT2D eigenvalue weighted by molar-refractivity contribution is 7.11. The highest BCUT2D eigenvalue weighted by Gasteiger charge is 2.13. The molecule has 0 aliphatic heterocycles. The van der Waals surface area contributed by atoms with Crippen molar-refractivity contribution in [3.63, 3.8) is 0 Å². The summed E-state index contributed by atoms with van der Waals surface area (Å²) in [4.78, 5) is 45.4. The van der Waals surface area contributed by atoms with E-state index in [4.69, 9.17) is 16.7 Å². The van der Waals surface area contributed by atoms with Gasteiger partial charge in [-0.15, -0.1) is 0 Å². The second-order valence-electron chi connectivity index (χ2n) is 6.12. The van der Waals surface area contributed by atoms with E-state index in [1.165, 1.54) is 47.2 Å². The lowest BCUT2D eigenvalue weighted by molar-refractivity contribution is -0.384. The lowest BCUT2D eigenvalue weighted by atomic mass is 10.1. The number of carboxylic acids is 1. The molecule has 0 unspecified atom stereocenters. The van der Waals surface area contributed by atoms with Crippen molar-refractivity contribution in [3.05, 3.63) is 95.0 Å². The van der Waals surface area contributed by atoms with Crippen LogP contribution in [0.25, 0.3) is 0 Å². The van der Waals surface area contributed by atoms with Gasteiger partial charge >= 0.3 is 10.8 Å². The molecule has 0 fully saturated rings. The van der Waals surface area contributed by atoms with Gasteiger partial charge in [-0.25, -0.2) is 10.2 Å². The molecule has 31 heavy (non-hydrogen) atoms. The summed E-state index contributed by atoms with van der Waals surface area (Å²) < 4.78 is 1.26. The van der Waals surface area contributed by atoms with Crippen molar-refractivity contribution in [2.24, 2.45) is 5.10 Å². The average Bonchev–Trinajstić information content (AvgIpc) is 3.01. The van der Waals surface area contributed by atoms with Gasteiger partial charge in [0.15, 0.2) is 0 Å². The number of hydrazone groups is 1. The van der Waals surface area contributed by atoms with E-state index in [1.807, 2.05) is 0 Å². The Kier molecular flexibility index (Phi) is 6.58. The SMILES string of the molecule is O=C(O)c1cccc(Cn2c(Cl)c(/C=N/NC(=O)c3ccc([N+](=O)[O-])cc3)sc2=O)c1. The van der Waals surface area contributed by atoms with Crippen LogP contribution >= 0.6 is 22.9 Å². The van der Waals surface area contributed by atoms with Gasteiger partial charge in [0, 0.05) is 17.7 Å². The highest BCUT2D eigenvalue weighted by atomic mass is 35.5. The van der Waals surface area contributed by atoms with Gasteiger partial charge in [-0.1, -0.05) is 35.1 Å². The summed E-state index contributed by atoms with van der Waals surface area (Å²) in [7, 11) is 0. The van der Waals surface area contributed by atoms with E-state index in [1.54, 1.807) is 12.1 Å². The number of hydrogen-bond acceptors (Lipinski definition) is 7. The zero-order valence-electron chi connectivity index (χ0n) is 15.5. The van der Waals surface area contributed by atoms with E-state index in [-0.39, 0.29) is 33.4 Å². The minimum absolute atomic E-state index is 0.0677. The van der Waals surface area contributed by atoms with Crippen molar-refractivity contribution in [1.29, 1.82) is 0 Å². The third-order valence-electron chi connectivity index (χ3n) is 4.06. The van der Waals surface area contributed by atoms with Crippen LogP contribution in [0.5, 0.6) is 0 Å². The monoisotopic (exact) mass is 460 g/mol. The standard InChI is InChI=1S/C19H13ClN4O6S/c20-16-15(9-21-22-17(25)12-4-6-14(7-5-12)24(29)30)31-19(28)23(16)10-11-2-1-3-13(8-11)18(26)27/h1-9H,10H2,(H,22,25)(H,26,27)/b21-9+. The van der Waals surface area contributed by atoms with E-state index in [0.717, 1.165) is 11.3 Å². The molecule has 10 nitrogen and oxygen atoms in total. The maximum atomic E-state index is 12.3. The molecular weight excluding hydrogens is 448 g/mol. The number of thiazole rings is 1. The second kappa shape index (κ2) is 9.32. The summed E-state index contributed by atoms with van der Waals surface area (Å²) in [5.74, 6) is -1.68. The largest absolute Gasteiger partial charge is 0.478 e. The van der Waals surface area contributed by atoms with Crippen molar-refractivity contribution in [2.75, 3.05) is 0 Å². The Bertz CT molecular complexity index is 1250. The topological polar surface area (TPSA) is 144 Å². The van der Waals surface area contributed by atoms with Gasteiger partial charge in [-0.2, -0.15) is 5.10 Å². The van der Waals surface area contributed by atoms with Crippen molar-refractivity contribution in [1.82, 2.24) is 9.99 Å². The number of amides is 1. The highest BCUT2D eigenvalue weighted by Crippen LogP contribution is 2.19. The Morgan fingerprint density at radius 3 is 2.58 bits per heavy atom. The molecule has 0 radical (unpaired) electrons. The number of benzene rings is 2. The van der Waals surface area contributed by atoms with Gasteiger partial charge < -0.3 is 5.11 Å². The van der Waals surface area contributed by atoms with E-state index >= 15 is 0 Å². The maximum Gasteiger partial charge on any atom is 0.335 e. The number of carbonyl (C=O) groups excluding carboxylic acids is 1. The molecule has 2 aromatic carbocycles. The number of nitrogens with one attached hydrogen (secondary N) is 1. The average molecular weight is 461 g/mol. The number of nitrogens with zero attached hydrogens (tertiary/aromatic N) is 3. The molecule has 0 saturated carbocycles. The third kappa shape index (κ3) is 5.21. The first-order valence-corrected chi connectivity index (χ1v) is 9.75. The number of nitro groups is 1. The van der Waals surface area contributed by atoms with Crippen molar-refractivity contribution in [3.8, 4) is 0 Å². The van der Waals surface area contributed by atoms with Crippen molar-refractivity contribution < 1.29 is 19.6 Å². The van der Waals surface area contributed by atoms with Gasteiger partial charge in [0.25, 0.3) is 11.6 Å². The number of carboxylic acid groups (broad SMARTS) is 1. The minimum Gasteiger partial charge on any atom is -0.478 e. The molecule has 2 N–H and O–H groups in total. The number of carbonyl (C=O) groups is 2. The molecule has 158 valence electrons. The van der Waals surface area contributed by atoms with Gasteiger partial charge in [0.2, 0.25) is 0 Å². The molecule has 0 atom stereocenters. The number of aromatic nitrogens is 1. The van der Waals surface area contributed by atoms with Crippen LogP contribution in [0.4, 0.5) is 5.69 Å². The summed E-state index contributed by atoms with van der Waals surface area (Å²) in [5.41, 5.74) is 2.94. The van der Waals surface area contributed by atoms with Gasteiger partial charge in [0.1, 0.15) is 5.15 Å². The molecule has 3 rings (SSSR count). The Morgan fingerprint density at radius 2 is 1.94 bits per heavy atom. The fourth-order valence-corrected chi connectivity index (χ4v) is 3.66. The third-order valence-corrected chi connectivity index (χ3v) is 5.49. The van der Waals surface area contributed by atoms with E-state index in [9.17, 15) is 24.5 Å². The van der Waals surface area contributed by atoms with Crippen LogP contribution in [0.3, 0.4) is 0 Å². The molecular formula is C19H13ClN4O6S. The smallest absolute Gasteiger partial charge is 0.335 e. The fraction of sp³-hybridized carbons (Fsp3) is 0.0526. The number of aromatic carboxylic acids is 1. The summed E-state index contributed by atoms with van der Waals surface area (Å²) in [5, 5.41) is 23.6. The molecule has 1 amide bonds. The molecule has 1 aromatic heterocycles. The molecule has 0 aliphatic carbocycles. The molecule has 12 heteroatoms. The van der Waals surface area contributed by atoms with E-state index in [0.29, 0.717) is 10.4 Å². The zero-order chi connectivity index (χ0) is 22.5. The molecule has 1 heterocycles. The number of non-ortho nitro benzene ring substituents is 1. The Balaban J connectivity index is 1.71. The van der Waals surface area contributed by atoms with Gasteiger partial charge in [-0.3, -0.25) is 24.3 Å². The zero-order valence-corrected chi connectivity index (χ0v) is 17.1. The number of hydrogen-bond donors (Lipinski definition) is 2. The van der Waals surface area contributed by atoms with Crippen LogP contribution in [-0.4, -0.2) is 32.7 Å². The molecule has 3 aromatic rings. The number of rotatable bonds is 7. The van der Waals surface area contributed by atoms with E-state index < -0.39 is 16.8 Å². The first kappa shape index (κ1) is 21.9. The number of halogens is 1. The summed E-state index contributed by atoms with van der Waals surface area (Å²) in [6.45, 7) is 0.0677. The van der Waals surface area contributed by atoms with E-state index in [2.05, 4.69) is 10.5 Å². The van der Waals surface area contributed by atoms with Crippen LogP contribution < -0.4 is 10.3 Å². The Labute approximate surface area is 183 Å². The van der Waals surface area contributed by atoms with Crippen molar-refractivity contribution in [2.45, 2.75) is 6.54 Å². The summed E-state index contributed by atoms with van der Waals surface area (Å²) >= 11 is 7.06. The number of nitro benzene ring substituents is 1. The van der Waals surface area contributed by atoms with Crippen LogP contribution in [-0.2, 0) is 6.54 Å². The van der Waals surface area contributed by atoms with Gasteiger partial charge in [0.05, 0.1) is 28.1 Å². The molecule has 0 spiro atoms. The van der Waals surface area contributed by atoms with Crippen LogP contribution in [0.15, 0.2) is 58.4 Å². The molecule has 0 bridgehead atoms. The Morgan fingerprint density at radius 1 is 1.23 bits per heavy atom. The lowest BCUT2D eigenvalue weighted by Crippen LogP contribution is -2.17. The predicted octanol–water partition coefficient (Wildman–Crippen LogP) is 2.98. The quantitative estimate of drug-likeness (QED) is 0.315. The van der Waals surface area contributed by atoms with Crippen molar-refractivity contribution >= 4 is 46.7 Å². The van der Waals surface area contributed by atoms with Crippen LogP contribution in [0, 0.1) is 10.1 Å². The maximum absolute atomic E-state index is 12.3. The lowest BCUT2D eigenvalue weighted by Gasteiger charge is -2.05. The fourth-order valence-electron chi connectivity index (χ4n) is 2.55. The van der Waals surface area contributed by atoms with Gasteiger partial charge in [-0.05, 0) is 29.8 Å². The van der Waals surface area contributed by atoms with Crippen LogP contribution in [0.2, 0.25) is 5.15 Å². The molecule has 0 saturated heterocycles. The summed E-state index contributed by atoms with van der Waals surface area (Å²) in [6.07, 6.45) is 1.21. The van der Waals surface area contributed by atoms with Crippen LogP contribution in [0.1, 0.15) is 31.2 Å². The first-order valence-electron chi connectivity index (χ1n) is 8.55. The molecule has 0 aliphatic rings. The predicted molar refractivity (Wildman–Crippen MR) is 114 cm³/mol.